The van der Waals surface area contributed by atoms with Crippen LogP contribution in [0.5, 0.6) is 0 Å². The maximum atomic E-state index is 11.1. The van der Waals surface area contributed by atoms with Gasteiger partial charge < -0.3 is 15.7 Å². The van der Waals surface area contributed by atoms with Gasteiger partial charge in [0.05, 0.1) is 9.72 Å². The Morgan fingerprint density at radius 2 is 2.00 bits per heavy atom. The number of hydrogen-bond donors (Lipinski definition) is 3. The number of β-amino-alcohol motifs (C(OH)–C–C–N with tert-alkyl or cyclic N) is 1. The number of hydrogen-bond acceptors (Lipinski definition) is 9. The van der Waals surface area contributed by atoms with Crippen LogP contribution in [0.25, 0.3) is 10.2 Å². The van der Waals surface area contributed by atoms with Gasteiger partial charge in [-0.05, 0) is 12.1 Å². The van der Waals surface area contributed by atoms with Gasteiger partial charge in [-0.3, -0.25) is 14.6 Å². The average molecular weight is 467 g/mol. The van der Waals surface area contributed by atoms with Gasteiger partial charge in [-0.15, -0.1) is 11.3 Å². The highest BCUT2D eigenvalue weighted by Crippen LogP contribution is 2.30. The molecule has 30 heavy (non-hydrogen) atoms. The molecule has 0 radical (unpaired) electrons. The molecule has 1 aliphatic rings. The number of aromatic nitrogens is 2. The van der Waals surface area contributed by atoms with Crippen molar-refractivity contribution in [3.8, 4) is 0 Å². The smallest absolute Gasteiger partial charge is 0.223 e. The number of fused-ring (bicyclic) bond motifs is 1. The van der Waals surface area contributed by atoms with Crippen molar-refractivity contribution >= 4 is 60.7 Å². The Labute approximate surface area is 187 Å². The lowest BCUT2D eigenvalue weighted by atomic mass is 10.3. The van der Waals surface area contributed by atoms with Gasteiger partial charge in [-0.1, -0.05) is 29.0 Å². The van der Waals surface area contributed by atoms with E-state index in [1.54, 1.807) is 0 Å². The fraction of sp³-hybridized carbons (Fsp3) is 0.421. The minimum absolute atomic E-state index is 0.106. The number of rotatable bonds is 7. The lowest BCUT2D eigenvalue weighted by Gasteiger charge is -2.35. The zero-order chi connectivity index (χ0) is 21.1. The molecule has 3 aromatic rings. The largest absolute Gasteiger partial charge is 0.372 e. The topological polar surface area (TPSA) is 93.6 Å². The first kappa shape index (κ1) is 21.4. The lowest BCUT2D eigenvalue weighted by molar-refractivity contribution is -0.114. The summed E-state index contributed by atoms with van der Waals surface area (Å²) < 4.78 is 0.996. The Kier molecular flexibility index (Phi) is 6.81. The van der Waals surface area contributed by atoms with Crippen molar-refractivity contribution in [1.82, 2.24) is 19.8 Å². The van der Waals surface area contributed by atoms with Gasteiger partial charge in [-0.25, -0.2) is 9.97 Å². The van der Waals surface area contributed by atoms with E-state index >= 15 is 0 Å². The lowest BCUT2D eigenvalue weighted by Crippen LogP contribution is -2.49. The van der Waals surface area contributed by atoms with E-state index in [0.29, 0.717) is 21.8 Å². The zero-order valence-electron chi connectivity index (χ0n) is 16.5. The van der Waals surface area contributed by atoms with Gasteiger partial charge in [0.25, 0.3) is 0 Å². The van der Waals surface area contributed by atoms with E-state index in [4.69, 9.17) is 11.6 Å². The second-order valence-corrected chi connectivity index (χ2v) is 9.71. The molecule has 1 fully saturated rings. The normalized spacial score (nSPS) is 16.6. The van der Waals surface area contributed by atoms with Crippen LogP contribution in [-0.2, 0) is 11.3 Å². The highest BCUT2D eigenvalue weighted by atomic mass is 35.5. The monoisotopic (exact) mass is 466 g/mol. The Morgan fingerprint density at radius 1 is 1.23 bits per heavy atom. The molecule has 1 aliphatic heterocycles. The van der Waals surface area contributed by atoms with Gasteiger partial charge >= 0.3 is 0 Å². The predicted molar refractivity (Wildman–Crippen MR) is 122 cm³/mol. The summed E-state index contributed by atoms with van der Waals surface area (Å²) in [5, 5.41) is 18.2. The molecule has 0 bridgehead atoms. The molecule has 160 valence electrons. The molecule has 4 rings (SSSR count). The van der Waals surface area contributed by atoms with Crippen molar-refractivity contribution < 1.29 is 9.90 Å². The van der Waals surface area contributed by atoms with E-state index in [9.17, 15) is 9.90 Å². The number of thiazole rings is 2. The number of carbonyl (C=O) groups is 1. The molecule has 1 unspecified atom stereocenters. The first-order valence-electron chi connectivity index (χ1n) is 9.63. The van der Waals surface area contributed by atoms with Crippen molar-refractivity contribution in [2.24, 2.45) is 0 Å². The van der Waals surface area contributed by atoms with E-state index in [0.717, 1.165) is 47.8 Å². The second-order valence-electron chi connectivity index (χ2n) is 7.16. The van der Waals surface area contributed by atoms with E-state index in [1.807, 2.05) is 24.4 Å². The van der Waals surface area contributed by atoms with Crippen LogP contribution in [0.3, 0.4) is 0 Å². The van der Waals surface area contributed by atoms with Gasteiger partial charge in [0.15, 0.2) is 10.3 Å². The Hall–Kier alpha value is -1.82. The quantitative estimate of drug-likeness (QED) is 0.461. The minimum Gasteiger partial charge on any atom is -0.372 e. The van der Waals surface area contributed by atoms with Gasteiger partial charge in [0, 0.05) is 57.3 Å². The minimum atomic E-state index is -0.697. The molecule has 3 N–H and O–H groups in total. The average Bonchev–Trinajstić information content (AvgIpc) is 3.30. The molecule has 11 heteroatoms. The number of aliphatic hydroxyl groups excluding tert-OH is 1. The first-order chi connectivity index (χ1) is 14.5. The van der Waals surface area contributed by atoms with E-state index in [-0.39, 0.29) is 5.91 Å². The zero-order valence-corrected chi connectivity index (χ0v) is 18.9. The standard InChI is InChI=1S/C19H23ClN6O2S2/c1-12(27)22-18-21-9-13(29-18)10-25-5-7-26(8-6-25)11-16(28)23-19-24-17-14(20)3-2-4-15(17)30-19/h2-4,9,16,28H,5-8,10-11H2,1H3,(H,23,24)(H,21,22,27). The summed E-state index contributed by atoms with van der Waals surface area (Å²) in [5.74, 6) is -0.106. The molecule has 2 aromatic heterocycles. The number of halogens is 1. The molecule has 0 spiro atoms. The number of amides is 1. The highest BCUT2D eigenvalue weighted by molar-refractivity contribution is 7.22. The molecule has 1 saturated heterocycles. The molecule has 0 saturated carbocycles. The molecule has 3 heterocycles. The fourth-order valence-corrected chi connectivity index (χ4v) is 5.46. The van der Waals surface area contributed by atoms with Gasteiger partial charge in [0.1, 0.15) is 11.7 Å². The van der Waals surface area contributed by atoms with Crippen LogP contribution in [0.2, 0.25) is 5.02 Å². The van der Waals surface area contributed by atoms with Gasteiger partial charge in [0.2, 0.25) is 5.91 Å². The number of para-hydroxylation sites is 1. The van der Waals surface area contributed by atoms with Crippen LogP contribution in [0.4, 0.5) is 10.3 Å². The number of piperazine rings is 1. The maximum absolute atomic E-state index is 11.1. The number of nitrogens with one attached hydrogen (secondary N) is 2. The third-order valence-electron chi connectivity index (χ3n) is 4.77. The number of carbonyl (C=O) groups excluding carboxylic acids is 1. The highest BCUT2D eigenvalue weighted by Gasteiger charge is 2.20. The Bertz CT molecular complexity index is 1020. The maximum Gasteiger partial charge on any atom is 0.223 e. The van der Waals surface area contributed by atoms with Crippen molar-refractivity contribution in [3.05, 3.63) is 34.3 Å². The van der Waals surface area contributed by atoms with Crippen LogP contribution in [0.1, 0.15) is 11.8 Å². The van der Waals surface area contributed by atoms with E-state index in [2.05, 4.69) is 30.4 Å². The fourth-order valence-electron chi connectivity index (χ4n) is 3.35. The van der Waals surface area contributed by atoms with E-state index < -0.39 is 6.23 Å². The predicted octanol–water partition coefficient (Wildman–Crippen LogP) is 2.91. The van der Waals surface area contributed by atoms with Crippen LogP contribution in [0, 0.1) is 0 Å². The van der Waals surface area contributed by atoms with Crippen molar-refractivity contribution in [2.75, 3.05) is 43.4 Å². The summed E-state index contributed by atoms with van der Waals surface area (Å²) in [6.45, 7) is 6.41. The Morgan fingerprint density at radius 3 is 2.73 bits per heavy atom. The Balaban J connectivity index is 1.23. The summed E-state index contributed by atoms with van der Waals surface area (Å²) in [5.41, 5.74) is 0.761. The molecule has 0 aliphatic carbocycles. The second kappa shape index (κ2) is 9.54. The number of benzene rings is 1. The number of aliphatic hydroxyl groups is 1. The summed E-state index contributed by atoms with van der Waals surface area (Å²) in [6, 6.07) is 5.68. The molecule has 1 amide bonds. The third kappa shape index (κ3) is 5.45. The van der Waals surface area contributed by atoms with Gasteiger partial charge in [-0.2, -0.15) is 0 Å². The summed E-state index contributed by atoms with van der Waals surface area (Å²) in [7, 11) is 0. The van der Waals surface area contributed by atoms with Crippen LogP contribution in [0.15, 0.2) is 24.4 Å². The molecular formula is C19H23ClN6O2S2. The number of nitrogens with zero attached hydrogens (tertiary/aromatic N) is 4. The molecular weight excluding hydrogens is 444 g/mol. The summed E-state index contributed by atoms with van der Waals surface area (Å²) >= 11 is 9.17. The molecule has 8 nitrogen and oxygen atoms in total. The van der Waals surface area contributed by atoms with Crippen LogP contribution in [-0.4, -0.2) is 69.7 Å². The summed E-state index contributed by atoms with van der Waals surface area (Å²) in [4.78, 5) is 25.6. The number of anilines is 2. The molecule has 1 aromatic carbocycles. The molecule has 1 atom stereocenters. The SMILES string of the molecule is CC(=O)Nc1ncc(CN2CCN(CC(O)Nc3nc4c(Cl)cccc4s3)CC2)s1. The van der Waals surface area contributed by atoms with Crippen LogP contribution >= 0.6 is 34.3 Å². The van der Waals surface area contributed by atoms with Crippen molar-refractivity contribution in [3.63, 3.8) is 0 Å². The van der Waals surface area contributed by atoms with Crippen molar-refractivity contribution in [2.45, 2.75) is 19.7 Å². The van der Waals surface area contributed by atoms with E-state index in [1.165, 1.54) is 29.6 Å². The van der Waals surface area contributed by atoms with Crippen molar-refractivity contribution in [1.29, 1.82) is 0 Å². The van der Waals surface area contributed by atoms with Crippen LogP contribution < -0.4 is 10.6 Å². The summed E-state index contributed by atoms with van der Waals surface area (Å²) in [6.07, 6.45) is 1.12. The first-order valence-corrected chi connectivity index (χ1v) is 11.6. The third-order valence-corrected chi connectivity index (χ3v) is 6.93.